The Morgan fingerprint density at radius 3 is 2.71 bits per heavy atom. The van der Waals surface area contributed by atoms with Crippen molar-refractivity contribution in [2.45, 2.75) is 19.9 Å². The molecule has 0 radical (unpaired) electrons. The van der Waals surface area contributed by atoms with Gasteiger partial charge in [0.05, 0.1) is 0 Å². The van der Waals surface area contributed by atoms with Gasteiger partial charge in [-0.3, -0.25) is 0 Å². The lowest BCUT2D eigenvalue weighted by molar-refractivity contribution is 0.280. The SMILES string of the molecule is CCNS(=O)(=O)N1CCNCC1C.Cl. The monoisotopic (exact) mass is 243 g/mol. The van der Waals surface area contributed by atoms with Crippen LogP contribution in [0.3, 0.4) is 0 Å². The van der Waals surface area contributed by atoms with Crippen LogP contribution in [0.25, 0.3) is 0 Å². The van der Waals surface area contributed by atoms with Crippen LogP contribution in [0, 0.1) is 0 Å². The van der Waals surface area contributed by atoms with Gasteiger partial charge in [0.2, 0.25) is 0 Å². The normalized spacial score (nSPS) is 24.3. The number of halogens is 1. The second kappa shape index (κ2) is 5.87. The molecule has 1 rings (SSSR count). The van der Waals surface area contributed by atoms with Crippen molar-refractivity contribution in [2.75, 3.05) is 26.2 Å². The summed E-state index contributed by atoms with van der Waals surface area (Å²) >= 11 is 0. The zero-order chi connectivity index (χ0) is 9.90. The third kappa shape index (κ3) is 3.36. The van der Waals surface area contributed by atoms with Gasteiger partial charge in [0.1, 0.15) is 0 Å². The summed E-state index contributed by atoms with van der Waals surface area (Å²) in [5.41, 5.74) is 0. The van der Waals surface area contributed by atoms with Gasteiger partial charge in [-0.1, -0.05) is 6.92 Å². The molecule has 1 atom stereocenters. The molecule has 1 aliphatic heterocycles. The molecule has 0 aromatic heterocycles. The van der Waals surface area contributed by atoms with Gasteiger partial charge in [-0.2, -0.15) is 12.7 Å². The molecule has 7 heteroatoms. The molecule has 86 valence electrons. The quantitative estimate of drug-likeness (QED) is 0.706. The van der Waals surface area contributed by atoms with Crippen LogP contribution in [0.2, 0.25) is 0 Å². The first-order valence-electron chi connectivity index (χ1n) is 4.55. The second-order valence-corrected chi connectivity index (χ2v) is 4.87. The zero-order valence-corrected chi connectivity index (χ0v) is 10.1. The lowest BCUT2D eigenvalue weighted by atomic mass is 10.3. The van der Waals surface area contributed by atoms with Gasteiger partial charge in [-0.25, -0.2) is 4.72 Å². The Hall–Kier alpha value is 0.120. The van der Waals surface area contributed by atoms with Crippen molar-refractivity contribution in [2.24, 2.45) is 0 Å². The van der Waals surface area contributed by atoms with Gasteiger partial charge in [-0.05, 0) is 6.92 Å². The summed E-state index contributed by atoms with van der Waals surface area (Å²) in [6, 6.07) is 0.0396. The highest BCUT2D eigenvalue weighted by molar-refractivity contribution is 7.87. The molecule has 1 aliphatic rings. The summed E-state index contributed by atoms with van der Waals surface area (Å²) in [7, 11) is -3.24. The fourth-order valence-electron chi connectivity index (χ4n) is 1.44. The Kier molecular flexibility index (Phi) is 5.92. The average molecular weight is 244 g/mol. The molecule has 0 amide bonds. The van der Waals surface area contributed by atoms with Crippen LogP contribution < -0.4 is 10.0 Å². The summed E-state index contributed by atoms with van der Waals surface area (Å²) in [5, 5.41) is 3.14. The predicted octanol–water partition coefficient (Wildman–Crippen LogP) is -0.444. The minimum absolute atomic E-state index is 0. The van der Waals surface area contributed by atoms with Crippen molar-refractivity contribution in [3.63, 3.8) is 0 Å². The standard InChI is InChI=1S/C7H17N3O2S.ClH/c1-3-9-13(11,12)10-5-4-8-6-7(10)2;/h7-9H,3-6H2,1-2H3;1H. The first-order valence-corrected chi connectivity index (χ1v) is 5.99. The van der Waals surface area contributed by atoms with Gasteiger partial charge in [0.25, 0.3) is 10.2 Å². The van der Waals surface area contributed by atoms with E-state index in [0.717, 1.165) is 13.1 Å². The number of piperazine rings is 1. The van der Waals surface area contributed by atoms with Gasteiger partial charge in [0, 0.05) is 32.2 Å². The Balaban J connectivity index is 0.00000169. The molecule has 0 spiro atoms. The highest BCUT2D eigenvalue weighted by atomic mass is 35.5. The molecule has 1 saturated heterocycles. The highest BCUT2D eigenvalue weighted by Crippen LogP contribution is 2.06. The molecule has 0 aliphatic carbocycles. The second-order valence-electron chi connectivity index (χ2n) is 3.17. The van der Waals surface area contributed by atoms with Crippen LogP contribution in [-0.4, -0.2) is 44.9 Å². The molecule has 5 nitrogen and oxygen atoms in total. The molecule has 0 bridgehead atoms. The van der Waals surface area contributed by atoms with E-state index in [0.29, 0.717) is 13.1 Å². The lowest BCUT2D eigenvalue weighted by Gasteiger charge is -2.32. The van der Waals surface area contributed by atoms with Crippen molar-refractivity contribution >= 4 is 22.6 Å². The van der Waals surface area contributed by atoms with Crippen LogP contribution >= 0.6 is 12.4 Å². The summed E-state index contributed by atoms with van der Waals surface area (Å²) in [4.78, 5) is 0. The van der Waals surface area contributed by atoms with Crippen LogP contribution in [0.5, 0.6) is 0 Å². The summed E-state index contributed by atoms with van der Waals surface area (Å²) in [6.45, 7) is 6.14. The molecular formula is C7H18ClN3O2S. The van der Waals surface area contributed by atoms with E-state index in [4.69, 9.17) is 0 Å². The molecule has 2 N–H and O–H groups in total. The Labute approximate surface area is 91.8 Å². The smallest absolute Gasteiger partial charge is 0.279 e. The van der Waals surface area contributed by atoms with Crippen molar-refractivity contribution in [3.8, 4) is 0 Å². The van der Waals surface area contributed by atoms with E-state index in [2.05, 4.69) is 10.0 Å². The molecule has 1 fully saturated rings. The number of hydrogen-bond donors (Lipinski definition) is 2. The van der Waals surface area contributed by atoms with E-state index in [9.17, 15) is 8.42 Å². The van der Waals surface area contributed by atoms with Crippen molar-refractivity contribution in [1.29, 1.82) is 0 Å². The molecule has 0 aromatic rings. The fraction of sp³-hybridized carbons (Fsp3) is 1.00. The van der Waals surface area contributed by atoms with Crippen molar-refractivity contribution in [1.82, 2.24) is 14.3 Å². The summed E-state index contributed by atoms with van der Waals surface area (Å²) in [5.74, 6) is 0. The lowest BCUT2D eigenvalue weighted by Crippen LogP contribution is -2.55. The average Bonchev–Trinajstić information content (AvgIpc) is 2.04. The molecule has 14 heavy (non-hydrogen) atoms. The number of hydrogen-bond acceptors (Lipinski definition) is 3. The Morgan fingerprint density at radius 2 is 2.21 bits per heavy atom. The van der Waals surface area contributed by atoms with Crippen molar-refractivity contribution < 1.29 is 8.42 Å². The molecule has 0 saturated carbocycles. The molecule has 0 aromatic carbocycles. The van der Waals surface area contributed by atoms with Gasteiger partial charge in [-0.15, -0.1) is 12.4 Å². The number of nitrogens with zero attached hydrogens (tertiary/aromatic N) is 1. The first-order chi connectivity index (χ1) is 6.08. The van der Waals surface area contributed by atoms with E-state index < -0.39 is 10.2 Å². The zero-order valence-electron chi connectivity index (χ0n) is 8.49. The molecule has 1 heterocycles. The number of nitrogens with one attached hydrogen (secondary N) is 2. The maximum atomic E-state index is 11.6. The van der Waals surface area contributed by atoms with E-state index in [1.165, 1.54) is 4.31 Å². The fourth-order valence-corrected chi connectivity index (χ4v) is 2.86. The van der Waals surface area contributed by atoms with E-state index in [1.807, 2.05) is 6.92 Å². The topological polar surface area (TPSA) is 61.4 Å². The summed E-state index contributed by atoms with van der Waals surface area (Å²) < 4.78 is 27.2. The third-order valence-corrected chi connectivity index (χ3v) is 3.89. The van der Waals surface area contributed by atoms with E-state index >= 15 is 0 Å². The van der Waals surface area contributed by atoms with Crippen LogP contribution in [-0.2, 0) is 10.2 Å². The first kappa shape index (κ1) is 14.1. The maximum Gasteiger partial charge on any atom is 0.279 e. The maximum absolute atomic E-state index is 11.6. The molecule has 1 unspecified atom stereocenters. The predicted molar refractivity (Wildman–Crippen MR) is 58.9 cm³/mol. The van der Waals surface area contributed by atoms with E-state index in [1.54, 1.807) is 6.92 Å². The Bertz CT molecular complexity index is 258. The van der Waals surface area contributed by atoms with Crippen LogP contribution in [0.4, 0.5) is 0 Å². The van der Waals surface area contributed by atoms with Crippen molar-refractivity contribution in [3.05, 3.63) is 0 Å². The summed E-state index contributed by atoms with van der Waals surface area (Å²) in [6.07, 6.45) is 0. The molecular weight excluding hydrogens is 226 g/mol. The third-order valence-electron chi connectivity index (χ3n) is 2.08. The number of rotatable bonds is 3. The Morgan fingerprint density at radius 1 is 1.57 bits per heavy atom. The highest BCUT2D eigenvalue weighted by Gasteiger charge is 2.28. The largest absolute Gasteiger partial charge is 0.314 e. The van der Waals surface area contributed by atoms with Gasteiger partial charge < -0.3 is 5.32 Å². The minimum Gasteiger partial charge on any atom is -0.314 e. The minimum atomic E-state index is -3.24. The van der Waals surface area contributed by atoms with Crippen LogP contribution in [0.1, 0.15) is 13.8 Å². The van der Waals surface area contributed by atoms with Gasteiger partial charge in [0.15, 0.2) is 0 Å². The van der Waals surface area contributed by atoms with E-state index in [-0.39, 0.29) is 18.4 Å². The van der Waals surface area contributed by atoms with Crippen LogP contribution in [0.15, 0.2) is 0 Å². The van der Waals surface area contributed by atoms with Gasteiger partial charge >= 0.3 is 0 Å².